The van der Waals surface area contributed by atoms with Crippen molar-refractivity contribution < 1.29 is 38.2 Å². The van der Waals surface area contributed by atoms with Crippen LogP contribution in [0.1, 0.15) is 50.9 Å². The number of hydrogen-bond donors (Lipinski definition) is 2. The summed E-state index contributed by atoms with van der Waals surface area (Å²) in [5.41, 5.74) is 2.18. The summed E-state index contributed by atoms with van der Waals surface area (Å²) >= 11 is 2.17. The van der Waals surface area contributed by atoms with Gasteiger partial charge in [-0.3, -0.25) is 19.2 Å². The number of nitrogens with one attached hydrogen (secondary N) is 2. The number of amides is 3. The lowest BCUT2D eigenvalue weighted by molar-refractivity contribution is -0.122. The largest absolute Gasteiger partial charge is 0.484 e. The van der Waals surface area contributed by atoms with E-state index >= 15 is 0 Å². The van der Waals surface area contributed by atoms with E-state index in [0.717, 1.165) is 16.2 Å². The molecule has 48 heavy (non-hydrogen) atoms. The third-order valence-corrected chi connectivity index (χ3v) is 10.2. The van der Waals surface area contributed by atoms with Gasteiger partial charge in [-0.2, -0.15) is 0 Å². The number of thiazole rings is 1. The Morgan fingerprint density at radius 2 is 1.42 bits per heavy atom. The molecule has 0 bridgehead atoms. The van der Waals surface area contributed by atoms with Gasteiger partial charge in [-0.1, -0.05) is 35.2 Å². The Morgan fingerprint density at radius 3 is 2.02 bits per heavy atom. The molecule has 3 amide bonds. The number of fused-ring (bicyclic) bond motifs is 2. The number of nitrogens with zero attached hydrogens (tertiary/aromatic N) is 1. The van der Waals surface area contributed by atoms with Crippen molar-refractivity contribution in [3.8, 4) is 5.75 Å². The topological polar surface area (TPSA) is 161 Å². The fourth-order valence-electron chi connectivity index (χ4n) is 5.61. The molecular formula is C34H29N3O9S2. The number of imide groups is 1. The molecule has 12 nitrogen and oxygen atoms in total. The van der Waals surface area contributed by atoms with Gasteiger partial charge in [0.25, 0.3) is 5.91 Å². The third kappa shape index (κ3) is 6.49. The van der Waals surface area contributed by atoms with E-state index in [2.05, 4.69) is 10.3 Å². The van der Waals surface area contributed by atoms with Crippen LogP contribution in [0.4, 0.5) is 11.4 Å². The Labute approximate surface area is 282 Å². The minimum Gasteiger partial charge on any atom is -0.484 e. The van der Waals surface area contributed by atoms with Crippen molar-refractivity contribution in [1.82, 2.24) is 4.98 Å². The van der Waals surface area contributed by atoms with E-state index in [1.807, 2.05) is 0 Å². The highest BCUT2D eigenvalue weighted by atomic mass is 32.2. The zero-order chi connectivity index (χ0) is 33.9. The summed E-state index contributed by atoms with van der Waals surface area (Å²) in [4.78, 5) is 80.9. The highest BCUT2D eigenvalue weighted by molar-refractivity contribution is 8.00. The number of aromatic amines is 1. The molecule has 6 rings (SSSR count). The lowest BCUT2D eigenvalue weighted by Crippen LogP contribution is -2.32. The second kappa shape index (κ2) is 13.9. The number of anilines is 2. The molecule has 3 atom stereocenters. The quantitative estimate of drug-likeness (QED) is 0.178. The Morgan fingerprint density at radius 1 is 0.812 bits per heavy atom. The Kier molecular flexibility index (Phi) is 9.46. The van der Waals surface area contributed by atoms with E-state index in [-0.39, 0.29) is 24.7 Å². The minimum atomic E-state index is -0.793. The van der Waals surface area contributed by atoms with E-state index in [4.69, 9.17) is 14.2 Å². The van der Waals surface area contributed by atoms with E-state index in [1.54, 1.807) is 62.4 Å². The Hall–Kier alpha value is -5.21. The number of benzene rings is 3. The van der Waals surface area contributed by atoms with E-state index < -0.39 is 46.7 Å². The standard InChI is InChI=1S/C34H29N3O9S2/c1-3-44-32(41)19-5-11-21(12-6-19)35-24(38)17-46-23-15-9-18(10-16-23)25-26-28(47-29-27(25)48-34(43)36-29)31(40)37(30(26)39)22-13-7-20(8-14-22)33(42)45-4-2/h5-16,25-26,28H,3-4,17H2,1-2H3,(H,35,38)(H,36,43). The molecule has 3 aromatic carbocycles. The number of rotatable bonds is 10. The predicted molar refractivity (Wildman–Crippen MR) is 178 cm³/mol. The van der Waals surface area contributed by atoms with Crippen molar-refractivity contribution in [1.29, 1.82) is 0 Å². The van der Waals surface area contributed by atoms with Crippen molar-refractivity contribution in [3.63, 3.8) is 0 Å². The molecule has 1 fully saturated rings. The average molecular weight is 688 g/mol. The molecular weight excluding hydrogens is 659 g/mol. The van der Waals surface area contributed by atoms with Crippen molar-refractivity contribution in [2.45, 2.75) is 30.0 Å². The van der Waals surface area contributed by atoms with Crippen LogP contribution >= 0.6 is 23.1 Å². The van der Waals surface area contributed by atoms with Crippen LogP contribution in [0.15, 0.2) is 82.6 Å². The van der Waals surface area contributed by atoms with Gasteiger partial charge in [0.05, 0.1) is 41.0 Å². The maximum Gasteiger partial charge on any atom is 0.338 e. The van der Waals surface area contributed by atoms with Crippen LogP contribution in [-0.4, -0.2) is 59.7 Å². The fraction of sp³-hybridized carbons (Fsp3) is 0.235. The molecule has 1 aromatic heterocycles. The molecule has 0 aliphatic carbocycles. The molecule has 246 valence electrons. The lowest BCUT2D eigenvalue weighted by Gasteiger charge is -2.29. The molecule has 3 heterocycles. The van der Waals surface area contributed by atoms with Gasteiger partial charge >= 0.3 is 16.8 Å². The summed E-state index contributed by atoms with van der Waals surface area (Å²) in [6.45, 7) is 3.61. The molecule has 2 aliphatic heterocycles. The van der Waals surface area contributed by atoms with E-state index in [1.165, 1.54) is 36.0 Å². The normalized spacial score (nSPS) is 18.1. The molecule has 14 heteroatoms. The number of carbonyl (C=O) groups excluding carboxylic acids is 5. The number of H-pyrrole nitrogens is 1. The van der Waals surface area contributed by atoms with Crippen LogP contribution in [0.3, 0.4) is 0 Å². The Bertz CT molecular complexity index is 1940. The molecule has 2 aliphatic rings. The van der Waals surface area contributed by atoms with Gasteiger partial charge in [0, 0.05) is 16.5 Å². The molecule has 0 saturated carbocycles. The summed E-state index contributed by atoms with van der Waals surface area (Å²) < 4.78 is 15.7. The van der Waals surface area contributed by atoms with Crippen LogP contribution in [0.5, 0.6) is 5.75 Å². The summed E-state index contributed by atoms with van der Waals surface area (Å²) in [6.07, 6.45) is 0. The first-order chi connectivity index (χ1) is 23.2. The average Bonchev–Trinajstić information content (AvgIpc) is 3.58. The number of carbonyl (C=O) groups is 5. The zero-order valence-electron chi connectivity index (χ0n) is 25.7. The number of esters is 2. The number of ether oxygens (including phenoxy) is 3. The van der Waals surface area contributed by atoms with Crippen molar-refractivity contribution >= 4 is 64.1 Å². The number of thioether (sulfide) groups is 1. The predicted octanol–water partition coefficient (Wildman–Crippen LogP) is 4.60. The van der Waals surface area contributed by atoms with Crippen molar-refractivity contribution in [2.75, 3.05) is 30.0 Å². The molecule has 4 aromatic rings. The highest BCUT2D eigenvalue weighted by Gasteiger charge is 2.56. The molecule has 0 radical (unpaired) electrons. The summed E-state index contributed by atoms with van der Waals surface area (Å²) in [6, 6.07) is 19.2. The van der Waals surface area contributed by atoms with Crippen molar-refractivity contribution in [2.24, 2.45) is 5.92 Å². The fourth-order valence-corrected chi connectivity index (χ4v) is 8.13. The first-order valence-electron chi connectivity index (χ1n) is 15.0. The molecule has 1 saturated heterocycles. The highest BCUT2D eigenvalue weighted by Crippen LogP contribution is 2.53. The smallest absolute Gasteiger partial charge is 0.338 e. The van der Waals surface area contributed by atoms with Crippen LogP contribution in [0, 0.1) is 5.92 Å². The van der Waals surface area contributed by atoms with Gasteiger partial charge in [0.1, 0.15) is 11.0 Å². The maximum absolute atomic E-state index is 14.0. The third-order valence-electron chi connectivity index (χ3n) is 7.75. The van der Waals surface area contributed by atoms with Gasteiger partial charge in [0.15, 0.2) is 6.61 Å². The second-order valence-corrected chi connectivity index (χ2v) is 12.9. The minimum absolute atomic E-state index is 0.218. The van der Waals surface area contributed by atoms with Gasteiger partial charge in [-0.05, 0) is 80.1 Å². The maximum atomic E-state index is 14.0. The van der Waals surface area contributed by atoms with E-state index in [0.29, 0.717) is 43.7 Å². The van der Waals surface area contributed by atoms with Crippen LogP contribution in [-0.2, 0) is 23.9 Å². The van der Waals surface area contributed by atoms with Crippen LogP contribution in [0.25, 0.3) is 0 Å². The molecule has 3 unspecified atom stereocenters. The van der Waals surface area contributed by atoms with Crippen LogP contribution < -0.4 is 19.8 Å². The number of hydrogen-bond acceptors (Lipinski definition) is 11. The monoisotopic (exact) mass is 687 g/mol. The first kappa shape index (κ1) is 32.7. The van der Waals surface area contributed by atoms with Crippen LogP contribution in [0.2, 0.25) is 0 Å². The summed E-state index contributed by atoms with van der Waals surface area (Å²) in [5.74, 6) is -3.18. The van der Waals surface area contributed by atoms with Gasteiger partial charge < -0.3 is 24.5 Å². The molecule has 0 spiro atoms. The zero-order valence-corrected chi connectivity index (χ0v) is 27.4. The van der Waals surface area contributed by atoms with Gasteiger partial charge in [-0.25, -0.2) is 14.5 Å². The Balaban J connectivity index is 1.17. The van der Waals surface area contributed by atoms with Gasteiger partial charge in [0.2, 0.25) is 11.8 Å². The van der Waals surface area contributed by atoms with Gasteiger partial charge in [-0.15, -0.1) is 0 Å². The second-order valence-electron chi connectivity index (χ2n) is 10.7. The number of aromatic nitrogens is 1. The van der Waals surface area contributed by atoms with Crippen molar-refractivity contribution in [3.05, 3.63) is 104 Å². The molecule has 2 N–H and O–H groups in total. The van der Waals surface area contributed by atoms with E-state index in [9.17, 15) is 28.8 Å². The first-order valence-corrected chi connectivity index (χ1v) is 16.7. The summed E-state index contributed by atoms with van der Waals surface area (Å²) in [5, 5.41) is 2.47. The SMILES string of the molecule is CCOC(=O)c1ccc(NC(=O)COc2ccc(C3c4sc(=O)[nH]c4SC4C(=O)N(c5ccc(C(=O)OCC)cc5)C(=O)C43)cc2)cc1. The summed E-state index contributed by atoms with van der Waals surface area (Å²) in [7, 11) is 0. The lowest BCUT2D eigenvalue weighted by atomic mass is 9.83.